The Morgan fingerprint density at radius 2 is 1.74 bits per heavy atom. The molecule has 1 aromatic rings. The maximum atomic E-state index is 12.4. The number of halogens is 1. The molecule has 4 heteroatoms. The monoisotopic (exact) mass is 324 g/mol. The third kappa shape index (κ3) is 3.60. The van der Waals surface area contributed by atoms with Gasteiger partial charge in [0.05, 0.1) is 13.2 Å². The molecule has 3 nitrogen and oxygen atoms in total. The molecule has 1 heterocycles. The van der Waals surface area contributed by atoms with Gasteiger partial charge < -0.3 is 9.80 Å². The normalized spacial score (nSPS) is 13.7. The second-order valence-corrected chi connectivity index (χ2v) is 5.14. The molecular formula is C15H21BrN2O. The number of benzene rings is 1. The molecule has 1 aliphatic rings. The van der Waals surface area contributed by atoms with E-state index in [0.717, 1.165) is 23.4 Å². The molecule has 0 bridgehead atoms. The van der Waals surface area contributed by atoms with Gasteiger partial charge in [0.2, 0.25) is 0 Å². The average molecular weight is 325 g/mol. The van der Waals surface area contributed by atoms with E-state index < -0.39 is 0 Å². The predicted molar refractivity (Wildman–Crippen MR) is 83.8 cm³/mol. The Hall–Kier alpha value is -1.29. The van der Waals surface area contributed by atoms with E-state index in [9.17, 15) is 4.79 Å². The summed E-state index contributed by atoms with van der Waals surface area (Å²) >= 11 is 0. The summed E-state index contributed by atoms with van der Waals surface area (Å²) in [6.45, 7) is 7.33. The number of nitrogens with zero attached hydrogens (tertiary/aromatic N) is 2. The lowest BCUT2D eigenvalue weighted by atomic mass is 9.96. The van der Waals surface area contributed by atoms with Gasteiger partial charge in [0.25, 0.3) is 0 Å². The van der Waals surface area contributed by atoms with Crippen molar-refractivity contribution in [2.45, 2.75) is 20.8 Å². The minimum Gasteiger partial charge on any atom is -0.362 e. The van der Waals surface area contributed by atoms with Crippen molar-refractivity contribution in [3.8, 4) is 0 Å². The predicted octanol–water partition coefficient (Wildman–Crippen LogP) is 3.05. The van der Waals surface area contributed by atoms with Crippen molar-refractivity contribution in [3.63, 3.8) is 0 Å². The molecule has 0 saturated carbocycles. The first-order valence-corrected chi connectivity index (χ1v) is 6.21. The van der Waals surface area contributed by atoms with Crippen molar-refractivity contribution >= 4 is 22.8 Å². The highest BCUT2D eigenvalue weighted by Gasteiger charge is 2.17. The molecule has 0 N–H and O–H groups in total. The molecule has 0 atom stereocenters. The highest BCUT2D eigenvalue weighted by atomic mass is 79.9. The first-order chi connectivity index (χ1) is 8.47. The van der Waals surface area contributed by atoms with Crippen LogP contribution in [0.3, 0.4) is 0 Å². The third-order valence-electron chi connectivity index (χ3n) is 3.24. The van der Waals surface area contributed by atoms with Gasteiger partial charge in [0.1, 0.15) is 0 Å². The fourth-order valence-corrected chi connectivity index (χ4v) is 2.57. The zero-order valence-electron chi connectivity index (χ0n) is 11.9. The number of rotatable bonds is 3. The summed E-state index contributed by atoms with van der Waals surface area (Å²) < 4.78 is 0. The van der Waals surface area contributed by atoms with Crippen LogP contribution in [0.4, 0.5) is 0 Å². The fraction of sp³-hybridized carbons (Fsp3) is 0.400. The van der Waals surface area contributed by atoms with Crippen molar-refractivity contribution in [2.24, 2.45) is 0 Å². The fourth-order valence-electron chi connectivity index (χ4n) is 2.57. The molecule has 1 aromatic carbocycles. The minimum atomic E-state index is 0. The van der Waals surface area contributed by atoms with E-state index in [0.29, 0.717) is 6.54 Å². The van der Waals surface area contributed by atoms with Crippen molar-refractivity contribution in [1.82, 2.24) is 9.80 Å². The number of hydrogen-bond donors (Lipinski definition) is 0. The Kier molecular flexibility index (Phi) is 5.18. The molecule has 0 fully saturated rings. The topological polar surface area (TPSA) is 23.6 Å². The van der Waals surface area contributed by atoms with Gasteiger partial charge in [-0.2, -0.15) is 0 Å². The van der Waals surface area contributed by atoms with E-state index in [1.54, 1.807) is 0 Å². The molecule has 19 heavy (non-hydrogen) atoms. The Labute approximate surface area is 125 Å². The summed E-state index contributed by atoms with van der Waals surface area (Å²) in [6.07, 6.45) is 3.96. The molecule has 2 rings (SSSR count). The second-order valence-electron chi connectivity index (χ2n) is 5.14. The van der Waals surface area contributed by atoms with E-state index in [-0.39, 0.29) is 22.8 Å². The second kappa shape index (κ2) is 6.24. The Bertz CT molecular complexity index is 488. The molecule has 0 aromatic heterocycles. The van der Waals surface area contributed by atoms with Gasteiger partial charge in [-0.1, -0.05) is 17.7 Å². The first kappa shape index (κ1) is 15.8. The SMILES string of the molecule is Br.Cc1cc(C)c(C(=O)CN2C=CN(C)C2)c(C)c1. The highest BCUT2D eigenvalue weighted by Crippen LogP contribution is 2.18. The molecule has 0 unspecified atom stereocenters. The summed E-state index contributed by atoms with van der Waals surface area (Å²) in [7, 11) is 2.00. The number of carbonyl (C=O) groups excluding carboxylic acids is 1. The van der Waals surface area contributed by atoms with Crippen LogP contribution in [0, 0.1) is 20.8 Å². The van der Waals surface area contributed by atoms with Crippen LogP contribution in [0.1, 0.15) is 27.0 Å². The van der Waals surface area contributed by atoms with E-state index in [2.05, 4.69) is 24.0 Å². The summed E-state index contributed by atoms with van der Waals surface area (Å²) in [5, 5.41) is 0. The lowest BCUT2D eigenvalue weighted by Crippen LogP contribution is -2.28. The minimum absolute atomic E-state index is 0. The first-order valence-electron chi connectivity index (χ1n) is 6.21. The summed E-state index contributed by atoms with van der Waals surface area (Å²) in [5.74, 6) is 0.199. The maximum Gasteiger partial charge on any atom is 0.182 e. The van der Waals surface area contributed by atoms with Crippen molar-refractivity contribution in [1.29, 1.82) is 0 Å². The van der Waals surface area contributed by atoms with Gasteiger partial charge in [-0.05, 0) is 31.9 Å². The van der Waals surface area contributed by atoms with Crippen LogP contribution in [0.5, 0.6) is 0 Å². The molecule has 0 amide bonds. The number of ketones is 1. The largest absolute Gasteiger partial charge is 0.362 e. The van der Waals surface area contributed by atoms with E-state index in [1.807, 2.05) is 38.2 Å². The van der Waals surface area contributed by atoms with Gasteiger partial charge >= 0.3 is 0 Å². The van der Waals surface area contributed by atoms with Crippen LogP contribution in [0.2, 0.25) is 0 Å². The van der Waals surface area contributed by atoms with Crippen LogP contribution >= 0.6 is 17.0 Å². The van der Waals surface area contributed by atoms with Crippen LogP contribution in [-0.2, 0) is 0 Å². The summed E-state index contributed by atoms with van der Waals surface area (Å²) in [4.78, 5) is 16.5. The highest BCUT2D eigenvalue weighted by molar-refractivity contribution is 8.93. The summed E-state index contributed by atoms with van der Waals surface area (Å²) in [5.41, 5.74) is 4.24. The van der Waals surface area contributed by atoms with Crippen LogP contribution in [0.15, 0.2) is 24.5 Å². The van der Waals surface area contributed by atoms with Gasteiger partial charge in [0, 0.05) is 25.0 Å². The van der Waals surface area contributed by atoms with Crippen LogP contribution in [-0.4, -0.2) is 35.8 Å². The average Bonchev–Trinajstić information content (AvgIpc) is 2.62. The van der Waals surface area contributed by atoms with Gasteiger partial charge in [0.15, 0.2) is 5.78 Å². The quantitative estimate of drug-likeness (QED) is 0.798. The van der Waals surface area contributed by atoms with Crippen molar-refractivity contribution in [3.05, 3.63) is 46.8 Å². The third-order valence-corrected chi connectivity index (χ3v) is 3.24. The van der Waals surface area contributed by atoms with Crippen LogP contribution < -0.4 is 0 Å². The lowest BCUT2D eigenvalue weighted by Gasteiger charge is -2.18. The number of hydrogen-bond acceptors (Lipinski definition) is 3. The molecule has 0 aliphatic carbocycles. The smallest absolute Gasteiger partial charge is 0.182 e. The Morgan fingerprint density at radius 3 is 2.21 bits per heavy atom. The lowest BCUT2D eigenvalue weighted by molar-refractivity contribution is 0.0947. The van der Waals surface area contributed by atoms with Gasteiger partial charge in [-0.3, -0.25) is 4.79 Å². The molecule has 0 radical (unpaired) electrons. The molecule has 0 saturated heterocycles. The Morgan fingerprint density at radius 1 is 1.16 bits per heavy atom. The number of Topliss-reactive ketones (excluding diaryl/α,β-unsaturated/α-hetero) is 1. The van der Waals surface area contributed by atoms with E-state index >= 15 is 0 Å². The molecule has 104 valence electrons. The standard InChI is InChI=1S/C15H20N2O.BrH/c1-11-7-12(2)15(13(3)8-11)14(18)9-17-6-5-16(4)10-17;/h5-8H,9-10H2,1-4H3;1H. The molecule has 0 spiro atoms. The van der Waals surface area contributed by atoms with Crippen LogP contribution in [0.25, 0.3) is 0 Å². The number of aryl methyl sites for hydroxylation is 3. The van der Waals surface area contributed by atoms with Crippen molar-refractivity contribution in [2.75, 3.05) is 20.3 Å². The zero-order chi connectivity index (χ0) is 13.3. The Balaban J connectivity index is 0.00000180. The van der Waals surface area contributed by atoms with Gasteiger partial charge in [-0.15, -0.1) is 17.0 Å². The van der Waals surface area contributed by atoms with E-state index in [4.69, 9.17) is 0 Å². The molecule has 1 aliphatic heterocycles. The van der Waals surface area contributed by atoms with E-state index in [1.165, 1.54) is 5.56 Å². The summed E-state index contributed by atoms with van der Waals surface area (Å²) in [6, 6.07) is 4.15. The maximum absolute atomic E-state index is 12.4. The zero-order valence-corrected chi connectivity index (χ0v) is 13.6. The van der Waals surface area contributed by atoms with Gasteiger partial charge in [-0.25, -0.2) is 0 Å². The molecular weight excluding hydrogens is 304 g/mol. The number of carbonyl (C=O) groups is 1. The van der Waals surface area contributed by atoms with Crippen molar-refractivity contribution < 1.29 is 4.79 Å².